The molecule has 0 unspecified atom stereocenters. The fraction of sp³-hybridized carbons (Fsp3) is 0.316. The van der Waals surface area contributed by atoms with Crippen molar-refractivity contribution in [3.63, 3.8) is 0 Å². The predicted octanol–water partition coefficient (Wildman–Crippen LogP) is 3.61. The number of hydrogen-bond donors (Lipinski definition) is 1. The number of para-hydroxylation sites is 2. The first-order chi connectivity index (χ1) is 11.0. The Labute approximate surface area is 137 Å². The predicted molar refractivity (Wildman–Crippen MR) is 93.2 cm³/mol. The fourth-order valence-electron chi connectivity index (χ4n) is 2.83. The van der Waals surface area contributed by atoms with Gasteiger partial charge in [-0.15, -0.1) is 0 Å². The monoisotopic (exact) mass is 310 g/mol. The summed E-state index contributed by atoms with van der Waals surface area (Å²) < 4.78 is 5.81. The van der Waals surface area contributed by atoms with E-state index in [4.69, 9.17) is 4.74 Å². The van der Waals surface area contributed by atoms with Crippen LogP contribution in [0.2, 0.25) is 0 Å². The quantitative estimate of drug-likeness (QED) is 0.938. The van der Waals surface area contributed by atoms with E-state index in [9.17, 15) is 4.79 Å². The third-order valence-corrected chi connectivity index (χ3v) is 3.99. The summed E-state index contributed by atoms with van der Waals surface area (Å²) in [7, 11) is 0. The molecule has 1 amide bonds. The standard InChI is InChI=1S/C19H22N2O2/c1-14-7-6-8-15(13-14)23-12-11-21-17-10-5-4-9-16(17)20-19(2,3)18(21)22/h4-10,13,20H,11-12H2,1-3H3. The van der Waals surface area contributed by atoms with Gasteiger partial charge in [-0.1, -0.05) is 24.3 Å². The van der Waals surface area contributed by atoms with E-state index >= 15 is 0 Å². The van der Waals surface area contributed by atoms with Crippen LogP contribution in [0, 0.1) is 6.92 Å². The lowest BCUT2D eigenvalue weighted by Gasteiger charge is -2.39. The highest BCUT2D eigenvalue weighted by Crippen LogP contribution is 2.34. The number of carbonyl (C=O) groups is 1. The van der Waals surface area contributed by atoms with E-state index < -0.39 is 5.54 Å². The van der Waals surface area contributed by atoms with Crippen molar-refractivity contribution in [2.45, 2.75) is 26.3 Å². The molecule has 23 heavy (non-hydrogen) atoms. The van der Waals surface area contributed by atoms with Gasteiger partial charge in [0.05, 0.1) is 17.9 Å². The molecule has 1 aliphatic rings. The zero-order valence-corrected chi connectivity index (χ0v) is 13.8. The van der Waals surface area contributed by atoms with Gasteiger partial charge in [-0.05, 0) is 50.6 Å². The van der Waals surface area contributed by atoms with Crippen LogP contribution in [-0.4, -0.2) is 24.6 Å². The van der Waals surface area contributed by atoms with Crippen LogP contribution in [0.25, 0.3) is 0 Å². The molecule has 0 radical (unpaired) electrons. The molecule has 3 rings (SSSR count). The highest BCUT2D eigenvalue weighted by molar-refractivity contribution is 6.07. The zero-order valence-electron chi connectivity index (χ0n) is 13.8. The Morgan fingerprint density at radius 3 is 2.70 bits per heavy atom. The Kier molecular flexibility index (Phi) is 3.99. The Bertz CT molecular complexity index is 725. The molecule has 4 nitrogen and oxygen atoms in total. The van der Waals surface area contributed by atoms with Gasteiger partial charge in [0.1, 0.15) is 17.9 Å². The van der Waals surface area contributed by atoms with Gasteiger partial charge >= 0.3 is 0 Å². The van der Waals surface area contributed by atoms with E-state index in [-0.39, 0.29) is 5.91 Å². The number of nitrogens with one attached hydrogen (secondary N) is 1. The summed E-state index contributed by atoms with van der Waals surface area (Å²) in [6, 6.07) is 15.8. The molecular weight excluding hydrogens is 288 g/mol. The minimum absolute atomic E-state index is 0.0593. The van der Waals surface area contributed by atoms with Gasteiger partial charge < -0.3 is 15.0 Å². The maximum Gasteiger partial charge on any atom is 0.252 e. The lowest BCUT2D eigenvalue weighted by atomic mass is 9.98. The Balaban J connectivity index is 1.74. The number of ether oxygens (including phenoxy) is 1. The molecule has 1 N–H and O–H groups in total. The highest BCUT2D eigenvalue weighted by atomic mass is 16.5. The summed E-state index contributed by atoms with van der Waals surface area (Å²) in [5.74, 6) is 0.893. The summed E-state index contributed by atoms with van der Waals surface area (Å²) in [5, 5.41) is 3.30. The van der Waals surface area contributed by atoms with Crippen LogP contribution < -0.4 is 15.0 Å². The number of hydrogen-bond acceptors (Lipinski definition) is 3. The van der Waals surface area contributed by atoms with E-state index in [1.54, 1.807) is 0 Å². The summed E-state index contributed by atoms with van der Waals surface area (Å²) in [5.41, 5.74) is 2.43. The number of amides is 1. The normalized spacial score (nSPS) is 15.8. The summed E-state index contributed by atoms with van der Waals surface area (Å²) >= 11 is 0. The number of rotatable bonds is 4. The lowest BCUT2D eigenvalue weighted by Crippen LogP contribution is -2.54. The SMILES string of the molecule is Cc1cccc(OCCN2C(=O)C(C)(C)Nc3ccccc32)c1. The maximum atomic E-state index is 12.7. The molecule has 0 fully saturated rings. The van der Waals surface area contributed by atoms with Gasteiger partial charge in [0, 0.05) is 0 Å². The minimum Gasteiger partial charge on any atom is -0.492 e. The molecule has 0 bridgehead atoms. The molecule has 0 saturated heterocycles. The lowest BCUT2D eigenvalue weighted by molar-refractivity contribution is -0.122. The summed E-state index contributed by atoms with van der Waals surface area (Å²) in [6.45, 7) is 6.82. The van der Waals surface area contributed by atoms with Gasteiger partial charge in [-0.2, -0.15) is 0 Å². The molecule has 4 heteroatoms. The largest absolute Gasteiger partial charge is 0.492 e. The summed E-state index contributed by atoms with van der Waals surface area (Å²) in [4.78, 5) is 14.5. The van der Waals surface area contributed by atoms with E-state index in [0.29, 0.717) is 13.2 Å². The van der Waals surface area contributed by atoms with E-state index in [0.717, 1.165) is 22.7 Å². The first-order valence-electron chi connectivity index (χ1n) is 7.86. The molecule has 2 aromatic carbocycles. The van der Waals surface area contributed by atoms with Crippen molar-refractivity contribution in [2.75, 3.05) is 23.4 Å². The second kappa shape index (κ2) is 5.95. The first kappa shape index (κ1) is 15.4. The number of anilines is 2. The van der Waals surface area contributed by atoms with Crippen molar-refractivity contribution < 1.29 is 9.53 Å². The molecule has 1 heterocycles. The van der Waals surface area contributed by atoms with Crippen LogP contribution in [0.4, 0.5) is 11.4 Å². The highest BCUT2D eigenvalue weighted by Gasteiger charge is 2.38. The molecule has 120 valence electrons. The van der Waals surface area contributed by atoms with Gasteiger partial charge in [0.15, 0.2) is 0 Å². The Hall–Kier alpha value is -2.49. The molecule has 0 atom stereocenters. The molecule has 0 aromatic heterocycles. The molecule has 0 aliphatic carbocycles. The first-order valence-corrected chi connectivity index (χ1v) is 7.86. The number of benzene rings is 2. The second-order valence-electron chi connectivity index (χ2n) is 6.39. The zero-order chi connectivity index (χ0) is 16.4. The number of aryl methyl sites for hydroxylation is 1. The maximum absolute atomic E-state index is 12.7. The van der Waals surface area contributed by atoms with Crippen molar-refractivity contribution in [3.8, 4) is 5.75 Å². The van der Waals surface area contributed by atoms with Crippen molar-refractivity contribution >= 4 is 17.3 Å². The van der Waals surface area contributed by atoms with E-state index in [2.05, 4.69) is 5.32 Å². The van der Waals surface area contributed by atoms with Crippen LogP contribution >= 0.6 is 0 Å². The van der Waals surface area contributed by atoms with Gasteiger partial charge in [0.25, 0.3) is 5.91 Å². The third-order valence-electron chi connectivity index (χ3n) is 3.99. The molecule has 0 spiro atoms. The second-order valence-corrected chi connectivity index (χ2v) is 6.39. The van der Waals surface area contributed by atoms with Crippen LogP contribution in [0.15, 0.2) is 48.5 Å². The fourth-order valence-corrected chi connectivity index (χ4v) is 2.83. The van der Waals surface area contributed by atoms with Gasteiger partial charge in [0.2, 0.25) is 0 Å². The van der Waals surface area contributed by atoms with Crippen molar-refractivity contribution in [1.82, 2.24) is 0 Å². The summed E-state index contributed by atoms with van der Waals surface area (Å²) in [6.07, 6.45) is 0. The molecule has 2 aromatic rings. The van der Waals surface area contributed by atoms with Gasteiger partial charge in [-0.25, -0.2) is 0 Å². The van der Waals surface area contributed by atoms with Crippen molar-refractivity contribution in [1.29, 1.82) is 0 Å². The average Bonchev–Trinajstić information content (AvgIpc) is 2.51. The molecular formula is C19H22N2O2. The van der Waals surface area contributed by atoms with Crippen molar-refractivity contribution in [3.05, 3.63) is 54.1 Å². The molecule has 1 aliphatic heterocycles. The smallest absolute Gasteiger partial charge is 0.252 e. The average molecular weight is 310 g/mol. The Morgan fingerprint density at radius 2 is 1.91 bits per heavy atom. The van der Waals surface area contributed by atoms with Crippen LogP contribution in [0.3, 0.4) is 0 Å². The number of nitrogens with zero attached hydrogens (tertiary/aromatic N) is 1. The number of fused-ring (bicyclic) bond motifs is 1. The Morgan fingerprint density at radius 1 is 1.13 bits per heavy atom. The van der Waals surface area contributed by atoms with Gasteiger partial charge in [-0.3, -0.25) is 4.79 Å². The van der Waals surface area contributed by atoms with E-state index in [1.807, 2.05) is 74.2 Å². The van der Waals surface area contributed by atoms with Crippen molar-refractivity contribution in [2.24, 2.45) is 0 Å². The topological polar surface area (TPSA) is 41.6 Å². The molecule has 0 saturated carbocycles. The third kappa shape index (κ3) is 3.16. The minimum atomic E-state index is -0.613. The number of carbonyl (C=O) groups excluding carboxylic acids is 1. The van der Waals surface area contributed by atoms with E-state index in [1.165, 1.54) is 0 Å². The van der Waals surface area contributed by atoms with Crippen LogP contribution in [0.1, 0.15) is 19.4 Å². The van der Waals surface area contributed by atoms with Crippen LogP contribution in [0.5, 0.6) is 5.75 Å². The van der Waals surface area contributed by atoms with Crippen LogP contribution in [-0.2, 0) is 4.79 Å².